The minimum absolute atomic E-state index is 0.000797. The first kappa shape index (κ1) is 11.3. The van der Waals surface area contributed by atoms with Crippen molar-refractivity contribution in [1.82, 2.24) is 0 Å². The molecule has 15 heavy (non-hydrogen) atoms. The highest BCUT2D eigenvalue weighted by Gasteiger charge is 1.93. The van der Waals surface area contributed by atoms with Crippen molar-refractivity contribution in [3.8, 4) is 5.75 Å². The van der Waals surface area contributed by atoms with E-state index in [2.05, 4.69) is 0 Å². The van der Waals surface area contributed by atoms with Gasteiger partial charge in [-0.3, -0.25) is 0 Å². The van der Waals surface area contributed by atoms with Gasteiger partial charge in [0.05, 0.1) is 6.61 Å². The van der Waals surface area contributed by atoms with Gasteiger partial charge >= 0.3 is 5.97 Å². The van der Waals surface area contributed by atoms with Gasteiger partial charge < -0.3 is 14.9 Å². The molecular weight excluding hydrogens is 196 g/mol. The summed E-state index contributed by atoms with van der Waals surface area (Å²) in [4.78, 5) is 10.1. The maximum Gasteiger partial charge on any atom is 0.328 e. The molecule has 0 heterocycles. The topological polar surface area (TPSA) is 66.8 Å². The fourth-order valence-corrected chi connectivity index (χ4v) is 0.984. The van der Waals surface area contributed by atoms with Crippen LogP contribution in [0.1, 0.15) is 5.56 Å². The predicted octanol–water partition coefficient (Wildman–Crippen LogP) is 1.20. The number of rotatable bonds is 5. The van der Waals surface area contributed by atoms with Crippen LogP contribution < -0.4 is 4.74 Å². The molecule has 0 saturated heterocycles. The van der Waals surface area contributed by atoms with Crippen LogP contribution in [0.4, 0.5) is 0 Å². The summed E-state index contributed by atoms with van der Waals surface area (Å²) in [5.41, 5.74) is 0.809. The highest BCUT2D eigenvalue weighted by atomic mass is 16.5. The molecule has 0 spiro atoms. The molecule has 1 aromatic carbocycles. The SMILES string of the molecule is O=C(O)C=CCOc1ccc(CO)cc1. The number of hydrogen-bond acceptors (Lipinski definition) is 3. The summed E-state index contributed by atoms with van der Waals surface area (Å²) in [6, 6.07) is 6.94. The van der Waals surface area contributed by atoms with E-state index in [0.29, 0.717) is 5.75 Å². The zero-order chi connectivity index (χ0) is 11.1. The lowest BCUT2D eigenvalue weighted by Crippen LogP contribution is -1.95. The second kappa shape index (κ2) is 5.82. The maximum absolute atomic E-state index is 10.1. The maximum atomic E-state index is 10.1. The van der Waals surface area contributed by atoms with Crippen molar-refractivity contribution in [2.45, 2.75) is 6.61 Å². The second-order valence-corrected chi connectivity index (χ2v) is 2.85. The number of carboxylic acid groups (broad SMARTS) is 1. The van der Waals surface area contributed by atoms with Crippen LogP contribution in [0.5, 0.6) is 5.75 Å². The van der Waals surface area contributed by atoms with Gasteiger partial charge in [0.15, 0.2) is 0 Å². The molecule has 1 rings (SSSR count). The quantitative estimate of drug-likeness (QED) is 0.713. The standard InChI is InChI=1S/C11H12O4/c12-8-9-3-5-10(6-4-9)15-7-1-2-11(13)14/h1-6,12H,7-8H2,(H,13,14). The fourth-order valence-electron chi connectivity index (χ4n) is 0.984. The smallest absolute Gasteiger partial charge is 0.328 e. The summed E-state index contributed by atoms with van der Waals surface area (Å²) in [5, 5.41) is 17.1. The Morgan fingerprint density at radius 1 is 1.33 bits per heavy atom. The number of carboxylic acids is 1. The molecule has 4 nitrogen and oxygen atoms in total. The molecule has 0 bridgehead atoms. The van der Waals surface area contributed by atoms with Crippen LogP contribution in [-0.4, -0.2) is 22.8 Å². The number of aliphatic carboxylic acids is 1. The lowest BCUT2D eigenvalue weighted by Gasteiger charge is -2.03. The molecule has 0 aliphatic rings. The number of benzene rings is 1. The Labute approximate surface area is 87.4 Å². The van der Waals surface area contributed by atoms with Gasteiger partial charge in [-0.2, -0.15) is 0 Å². The summed E-state index contributed by atoms with van der Waals surface area (Å²) in [6.45, 7) is 0.212. The van der Waals surface area contributed by atoms with Crippen molar-refractivity contribution in [3.05, 3.63) is 42.0 Å². The molecule has 0 aromatic heterocycles. The van der Waals surface area contributed by atoms with Gasteiger partial charge in [0, 0.05) is 6.08 Å². The molecule has 80 valence electrons. The van der Waals surface area contributed by atoms with Gasteiger partial charge in [-0.1, -0.05) is 12.1 Å². The lowest BCUT2D eigenvalue weighted by molar-refractivity contribution is -0.131. The van der Waals surface area contributed by atoms with E-state index in [1.165, 1.54) is 6.08 Å². The van der Waals surface area contributed by atoms with Gasteiger partial charge in [0.1, 0.15) is 12.4 Å². The normalized spacial score (nSPS) is 10.5. The van der Waals surface area contributed by atoms with Crippen LogP contribution in [-0.2, 0) is 11.4 Å². The molecule has 0 aliphatic carbocycles. The molecule has 0 fully saturated rings. The number of aliphatic hydroxyl groups excluding tert-OH is 1. The van der Waals surface area contributed by atoms with Gasteiger partial charge in [-0.25, -0.2) is 4.79 Å². The van der Waals surface area contributed by atoms with E-state index in [-0.39, 0.29) is 13.2 Å². The fraction of sp³-hybridized carbons (Fsp3) is 0.182. The highest BCUT2D eigenvalue weighted by molar-refractivity contribution is 5.79. The Balaban J connectivity index is 2.41. The van der Waals surface area contributed by atoms with Crippen LogP contribution in [0, 0.1) is 0 Å². The minimum Gasteiger partial charge on any atom is -0.490 e. The summed E-state index contributed by atoms with van der Waals surface area (Å²) < 4.78 is 5.22. The first-order valence-corrected chi connectivity index (χ1v) is 4.44. The van der Waals surface area contributed by atoms with E-state index >= 15 is 0 Å². The number of carbonyl (C=O) groups is 1. The minimum atomic E-state index is -0.991. The second-order valence-electron chi connectivity index (χ2n) is 2.85. The largest absolute Gasteiger partial charge is 0.490 e. The Bertz CT molecular complexity index is 340. The Hall–Kier alpha value is -1.81. The summed E-state index contributed by atoms with van der Waals surface area (Å²) in [6.07, 6.45) is 2.45. The molecule has 1 aromatic rings. The van der Waals surface area contributed by atoms with Crippen molar-refractivity contribution in [2.24, 2.45) is 0 Å². The van der Waals surface area contributed by atoms with E-state index in [1.54, 1.807) is 24.3 Å². The van der Waals surface area contributed by atoms with Crippen LogP contribution in [0.15, 0.2) is 36.4 Å². The Morgan fingerprint density at radius 3 is 2.53 bits per heavy atom. The predicted molar refractivity (Wildman–Crippen MR) is 54.6 cm³/mol. The monoisotopic (exact) mass is 208 g/mol. The molecule has 4 heteroatoms. The average Bonchev–Trinajstić information content (AvgIpc) is 2.25. The van der Waals surface area contributed by atoms with Crippen LogP contribution >= 0.6 is 0 Å². The van der Waals surface area contributed by atoms with Crippen molar-refractivity contribution in [1.29, 1.82) is 0 Å². The zero-order valence-corrected chi connectivity index (χ0v) is 8.09. The highest BCUT2D eigenvalue weighted by Crippen LogP contribution is 2.11. The van der Waals surface area contributed by atoms with Crippen molar-refractivity contribution in [3.63, 3.8) is 0 Å². The van der Waals surface area contributed by atoms with E-state index in [1.807, 2.05) is 0 Å². The summed E-state index contributed by atoms with van der Waals surface area (Å²) in [7, 11) is 0. The van der Waals surface area contributed by atoms with Gasteiger partial charge in [-0.05, 0) is 23.8 Å². The molecule has 0 aliphatic heterocycles. The van der Waals surface area contributed by atoms with Crippen molar-refractivity contribution < 1.29 is 19.7 Å². The average molecular weight is 208 g/mol. The number of ether oxygens (including phenoxy) is 1. The first-order valence-electron chi connectivity index (χ1n) is 4.44. The molecule has 0 atom stereocenters. The Kier molecular flexibility index (Phi) is 4.37. The lowest BCUT2D eigenvalue weighted by atomic mass is 10.2. The van der Waals surface area contributed by atoms with E-state index in [4.69, 9.17) is 14.9 Å². The molecule has 0 amide bonds. The van der Waals surface area contributed by atoms with E-state index in [0.717, 1.165) is 11.6 Å². The van der Waals surface area contributed by atoms with Crippen LogP contribution in [0.25, 0.3) is 0 Å². The Morgan fingerprint density at radius 2 is 2.00 bits per heavy atom. The molecular formula is C11H12O4. The van der Waals surface area contributed by atoms with Gasteiger partial charge in [-0.15, -0.1) is 0 Å². The van der Waals surface area contributed by atoms with Crippen LogP contribution in [0.3, 0.4) is 0 Å². The van der Waals surface area contributed by atoms with Crippen LogP contribution in [0.2, 0.25) is 0 Å². The molecule has 0 radical (unpaired) electrons. The van der Waals surface area contributed by atoms with Gasteiger partial charge in [0.25, 0.3) is 0 Å². The first-order chi connectivity index (χ1) is 7.22. The zero-order valence-electron chi connectivity index (χ0n) is 8.09. The number of aliphatic hydroxyl groups is 1. The van der Waals surface area contributed by atoms with E-state index < -0.39 is 5.97 Å². The third-order valence-corrected chi connectivity index (χ3v) is 1.71. The third-order valence-electron chi connectivity index (χ3n) is 1.71. The molecule has 2 N–H and O–H groups in total. The molecule has 0 saturated carbocycles. The summed E-state index contributed by atoms with van der Waals surface area (Å²) in [5.74, 6) is -0.350. The van der Waals surface area contributed by atoms with Crippen molar-refractivity contribution in [2.75, 3.05) is 6.61 Å². The van der Waals surface area contributed by atoms with Gasteiger partial charge in [0.2, 0.25) is 0 Å². The van der Waals surface area contributed by atoms with E-state index in [9.17, 15) is 4.79 Å². The number of hydrogen-bond donors (Lipinski definition) is 2. The molecule has 0 unspecified atom stereocenters. The van der Waals surface area contributed by atoms with Crippen molar-refractivity contribution >= 4 is 5.97 Å². The summed E-state index contributed by atoms with van der Waals surface area (Å²) >= 11 is 0. The third kappa shape index (κ3) is 4.28.